The van der Waals surface area contributed by atoms with E-state index in [0.29, 0.717) is 0 Å². The van der Waals surface area contributed by atoms with Crippen LogP contribution in [0.25, 0.3) is 0 Å². The van der Waals surface area contributed by atoms with Crippen LogP contribution in [0.3, 0.4) is 0 Å². The van der Waals surface area contributed by atoms with E-state index in [0.717, 1.165) is 6.54 Å². The van der Waals surface area contributed by atoms with Gasteiger partial charge in [0, 0.05) is 19.3 Å². The van der Waals surface area contributed by atoms with Crippen LogP contribution in [0.5, 0.6) is 0 Å². The molecule has 0 spiro atoms. The van der Waals surface area contributed by atoms with Gasteiger partial charge < -0.3 is 5.73 Å². The van der Waals surface area contributed by atoms with Gasteiger partial charge in [-0.05, 0) is 32.2 Å². The van der Waals surface area contributed by atoms with Gasteiger partial charge in [-0.2, -0.15) is 4.90 Å². The molecule has 0 bridgehead atoms. The number of nitrogens with zero attached hydrogens (tertiary/aromatic N) is 1. The monoisotopic (exact) mass is 198 g/mol. The average molecular weight is 198 g/mol. The summed E-state index contributed by atoms with van der Waals surface area (Å²) in [4.78, 5) is 2.65. The quantitative estimate of drug-likeness (QED) is 0.515. The van der Waals surface area contributed by atoms with Crippen molar-refractivity contribution in [2.24, 2.45) is 5.73 Å². The maximum Gasteiger partial charge on any atom is 0.122 e. The molecule has 0 aliphatic carbocycles. The van der Waals surface area contributed by atoms with E-state index in [1.165, 1.54) is 71.0 Å². The van der Waals surface area contributed by atoms with Crippen LogP contribution in [0, 0.1) is 0 Å². The van der Waals surface area contributed by atoms with Crippen molar-refractivity contribution in [2.45, 2.75) is 51.4 Å². The molecule has 2 heteroatoms. The van der Waals surface area contributed by atoms with Crippen LogP contribution < -0.4 is 10.6 Å². The van der Waals surface area contributed by atoms with Crippen LogP contribution in [0.15, 0.2) is 0 Å². The highest BCUT2D eigenvalue weighted by Crippen LogP contribution is 2.08. The standard InChI is InChI=1S/C12H26N2/c13-9-5-1-2-6-10-14-11-7-3-4-8-12-14/h1-13H2/q+1. The second kappa shape index (κ2) is 8.25. The van der Waals surface area contributed by atoms with Crippen LogP contribution in [0.2, 0.25) is 0 Å². The van der Waals surface area contributed by atoms with Gasteiger partial charge in [0.2, 0.25) is 0 Å². The Morgan fingerprint density at radius 3 is 2.07 bits per heavy atom. The lowest BCUT2D eigenvalue weighted by Crippen LogP contribution is -2.32. The summed E-state index contributed by atoms with van der Waals surface area (Å²) in [7, 11) is 0. The van der Waals surface area contributed by atoms with Crippen LogP contribution in [0.1, 0.15) is 51.4 Å². The normalized spacial score (nSPS) is 19.5. The van der Waals surface area contributed by atoms with E-state index in [4.69, 9.17) is 5.73 Å². The minimum Gasteiger partial charge on any atom is -0.330 e. The summed E-state index contributed by atoms with van der Waals surface area (Å²) < 4.78 is 0. The zero-order valence-electron chi connectivity index (χ0n) is 9.51. The van der Waals surface area contributed by atoms with E-state index < -0.39 is 0 Å². The third-order valence-electron chi connectivity index (χ3n) is 3.13. The highest BCUT2D eigenvalue weighted by Gasteiger charge is 2.16. The molecular weight excluding hydrogens is 172 g/mol. The summed E-state index contributed by atoms with van der Waals surface area (Å²) >= 11 is 0. The first-order chi connectivity index (χ1) is 6.93. The average Bonchev–Trinajstić information content (AvgIpc) is 2.46. The van der Waals surface area contributed by atoms with Gasteiger partial charge >= 0.3 is 0 Å². The predicted octanol–water partition coefficient (Wildman–Crippen LogP) is 2.22. The van der Waals surface area contributed by atoms with Crippen molar-refractivity contribution < 1.29 is 0 Å². The number of nitrogens with two attached hydrogens (primary N) is 1. The van der Waals surface area contributed by atoms with E-state index in [9.17, 15) is 0 Å². The summed E-state index contributed by atoms with van der Waals surface area (Å²) in [5.41, 5.74) is 5.46. The fourth-order valence-corrected chi connectivity index (χ4v) is 2.19. The van der Waals surface area contributed by atoms with Crippen LogP contribution in [-0.2, 0) is 0 Å². The Morgan fingerprint density at radius 2 is 1.43 bits per heavy atom. The Kier molecular flexibility index (Phi) is 7.06. The van der Waals surface area contributed by atoms with Gasteiger partial charge in [0.25, 0.3) is 0 Å². The van der Waals surface area contributed by atoms with Gasteiger partial charge in [0.1, 0.15) is 19.6 Å². The van der Waals surface area contributed by atoms with E-state index in [1.807, 2.05) is 0 Å². The van der Waals surface area contributed by atoms with Crippen LogP contribution in [0.4, 0.5) is 0 Å². The van der Waals surface area contributed by atoms with Crippen molar-refractivity contribution in [1.29, 1.82) is 0 Å². The zero-order chi connectivity index (χ0) is 10.1. The molecule has 1 rings (SSSR count). The summed E-state index contributed by atoms with van der Waals surface area (Å²) in [6.07, 6.45) is 11.0. The van der Waals surface area contributed by atoms with Gasteiger partial charge in [0.15, 0.2) is 0 Å². The molecule has 0 atom stereocenters. The lowest BCUT2D eigenvalue weighted by atomic mass is 10.2. The molecule has 2 nitrogen and oxygen atoms in total. The second-order valence-electron chi connectivity index (χ2n) is 4.46. The Hall–Kier alpha value is -0.0800. The second-order valence-corrected chi connectivity index (χ2v) is 4.46. The molecule has 14 heavy (non-hydrogen) atoms. The molecule has 0 aromatic rings. The summed E-state index contributed by atoms with van der Waals surface area (Å²) in [5.74, 6) is 0. The molecule has 0 aromatic heterocycles. The maximum atomic E-state index is 5.46. The topological polar surface area (TPSA) is 31.9 Å². The van der Waals surface area contributed by atoms with Gasteiger partial charge in [-0.1, -0.05) is 6.42 Å². The van der Waals surface area contributed by atoms with Gasteiger partial charge in [-0.25, -0.2) is 0 Å². The molecule has 1 aliphatic heterocycles. The predicted molar refractivity (Wildman–Crippen MR) is 62.7 cm³/mol. The third kappa shape index (κ3) is 5.61. The maximum absolute atomic E-state index is 5.46. The van der Waals surface area contributed by atoms with Gasteiger partial charge in [0.05, 0.1) is 0 Å². The highest BCUT2D eigenvalue weighted by atomic mass is 15.1. The molecule has 0 unspecified atom stereocenters. The molecule has 0 aromatic carbocycles. The van der Waals surface area contributed by atoms with E-state index in [-0.39, 0.29) is 0 Å². The minimum atomic E-state index is 0.865. The zero-order valence-corrected chi connectivity index (χ0v) is 9.51. The van der Waals surface area contributed by atoms with Crippen LogP contribution in [-0.4, -0.2) is 26.2 Å². The number of hydrogen-bond donors (Lipinski definition) is 1. The van der Waals surface area contributed by atoms with Gasteiger partial charge in [-0.3, -0.25) is 0 Å². The largest absolute Gasteiger partial charge is 0.330 e. The first-order valence-corrected chi connectivity index (χ1v) is 6.36. The molecule has 1 heterocycles. The molecular formula is C12H26N2+. The smallest absolute Gasteiger partial charge is 0.122 e. The fraction of sp³-hybridized carbons (Fsp3) is 1.00. The Labute approximate surface area is 88.8 Å². The molecule has 1 radical (unpaired) electrons. The Bertz CT molecular complexity index is 117. The first-order valence-electron chi connectivity index (χ1n) is 6.36. The van der Waals surface area contributed by atoms with E-state index in [2.05, 4.69) is 4.90 Å². The van der Waals surface area contributed by atoms with E-state index >= 15 is 0 Å². The fourth-order valence-electron chi connectivity index (χ4n) is 2.19. The highest BCUT2D eigenvalue weighted by molar-refractivity contribution is 4.68. The van der Waals surface area contributed by atoms with Crippen molar-refractivity contribution >= 4 is 0 Å². The number of hydrogen-bond acceptors (Lipinski definition) is 2. The summed E-state index contributed by atoms with van der Waals surface area (Å²) in [6.45, 7) is 4.88. The summed E-state index contributed by atoms with van der Waals surface area (Å²) in [6, 6.07) is 0. The Balaban J connectivity index is 1.93. The molecule has 1 fully saturated rings. The van der Waals surface area contributed by atoms with Crippen LogP contribution >= 0.6 is 0 Å². The number of rotatable bonds is 6. The van der Waals surface area contributed by atoms with Gasteiger partial charge in [-0.15, -0.1) is 0 Å². The molecule has 0 saturated carbocycles. The van der Waals surface area contributed by atoms with E-state index in [1.54, 1.807) is 0 Å². The lowest BCUT2D eigenvalue weighted by Gasteiger charge is -2.08. The molecule has 1 aliphatic rings. The number of unbranched alkanes of at least 4 members (excludes halogenated alkanes) is 3. The van der Waals surface area contributed by atoms with Crippen molar-refractivity contribution in [3.05, 3.63) is 0 Å². The SMILES string of the molecule is NCCCCCC[N+]1CCCCCC1. The number of likely N-dealkylation sites (tertiary alicyclic amines) is 1. The van der Waals surface area contributed by atoms with Crippen molar-refractivity contribution in [2.75, 3.05) is 26.2 Å². The molecule has 2 N–H and O–H groups in total. The Morgan fingerprint density at radius 1 is 0.786 bits per heavy atom. The van der Waals surface area contributed by atoms with Crippen molar-refractivity contribution in [3.8, 4) is 0 Å². The third-order valence-corrected chi connectivity index (χ3v) is 3.13. The summed E-state index contributed by atoms with van der Waals surface area (Å²) in [5, 5.41) is 0. The molecule has 1 saturated heterocycles. The van der Waals surface area contributed by atoms with Crippen molar-refractivity contribution in [1.82, 2.24) is 4.90 Å². The first kappa shape index (κ1) is 12.0. The lowest BCUT2D eigenvalue weighted by molar-refractivity contribution is 0.404. The minimum absolute atomic E-state index is 0.865. The molecule has 83 valence electrons. The molecule has 0 amide bonds. The van der Waals surface area contributed by atoms with Crippen molar-refractivity contribution in [3.63, 3.8) is 0 Å².